The molecule has 2 aromatic heterocycles. The number of aliphatic hydroxyl groups is 1. The second kappa shape index (κ2) is 12.5. The summed E-state index contributed by atoms with van der Waals surface area (Å²) < 4.78 is 53.1. The van der Waals surface area contributed by atoms with Crippen LogP contribution in [0.2, 0.25) is 0 Å². The predicted octanol–water partition coefficient (Wildman–Crippen LogP) is 2.20. The van der Waals surface area contributed by atoms with Crippen LogP contribution in [-0.2, 0) is 38.0 Å². The molecular formula is C20H28N5O13P3. The van der Waals surface area contributed by atoms with Crippen LogP contribution in [0, 0.1) is 0 Å². The Labute approximate surface area is 231 Å². The summed E-state index contributed by atoms with van der Waals surface area (Å²) in [6.07, 6.45) is 0.766. The fraction of sp³-hybridized carbons (Fsp3) is 0.450. The van der Waals surface area contributed by atoms with Crippen LogP contribution in [0.4, 0.5) is 11.6 Å². The van der Waals surface area contributed by atoms with Gasteiger partial charge in [-0.3, -0.25) is 18.9 Å². The van der Waals surface area contributed by atoms with Gasteiger partial charge in [-0.2, -0.15) is 13.6 Å². The molecular weight excluding hydrogens is 611 g/mol. The summed E-state index contributed by atoms with van der Waals surface area (Å²) in [7, 11) is -16.7. The number of anilines is 2. The number of phosphoric ester groups is 1. The molecule has 5 atom stereocenters. The highest BCUT2D eigenvalue weighted by atomic mass is 31.3. The van der Waals surface area contributed by atoms with Crippen molar-refractivity contribution in [1.82, 2.24) is 19.5 Å². The van der Waals surface area contributed by atoms with Crippen LogP contribution in [0.15, 0.2) is 35.4 Å². The molecule has 0 saturated carbocycles. The summed E-state index contributed by atoms with van der Waals surface area (Å²) in [5.41, 5.74) is 1.41. The molecule has 0 aliphatic carbocycles. The van der Waals surface area contributed by atoms with Crippen molar-refractivity contribution in [2.75, 3.05) is 11.9 Å². The standard InChI is InChI=1S/C20H28N5O13P3/c1-2-3-4-12-5-7-13(8-6-12)22-20-23-18-17(19(27)24-20)21-11-25(18)16-9-14(26)15(36-16)10-35-40(31,32)38-41(33,34)37-39(28,29)30/h5-8,11,14-16,26H,2-4,9-10H2,1H3,(H,31,32)(H,33,34)(H2,28,29,30)(H2,22,23,24,27)/t14-,15+,16+/m0/s1. The number of rotatable bonds is 13. The van der Waals surface area contributed by atoms with Crippen LogP contribution in [0.5, 0.6) is 0 Å². The average Bonchev–Trinajstić information content (AvgIpc) is 3.43. The van der Waals surface area contributed by atoms with E-state index in [1.807, 2.05) is 24.3 Å². The Morgan fingerprint density at radius 3 is 2.49 bits per heavy atom. The summed E-state index contributed by atoms with van der Waals surface area (Å²) in [6, 6.07) is 7.64. The van der Waals surface area contributed by atoms with E-state index in [1.165, 1.54) is 16.5 Å². The summed E-state index contributed by atoms with van der Waals surface area (Å²) in [5, 5.41) is 13.4. The van der Waals surface area contributed by atoms with Crippen LogP contribution in [-0.4, -0.2) is 63.0 Å². The lowest BCUT2D eigenvalue weighted by Gasteiger charge is -2.19. The maximum atomic E-state index is 12.6. The van der Waals surface area contributed by atoms with Crippen molar-refractivity contribution in [1.29, 1.82) is 0 Å². The molecule has 18 nitrogen and oxygen atoms in total. The number of H-pyrrole nitrogens is 1. The number of aromatic amines is 1. The number of aryl methyl sites for hydroxylation is 1. The molecule has 2 unspecified atom stereocenters. The predicted molar refractivity (Wildman–Crippen MR) is 141 cm³/mol. The summed E-state index contributed by atoms with van der Waals surface area (Å²) in [5.74, 6) is 0.119. The Morgan fingerprint density at radius 1 is 1.12 bits per heavy atom. The number of imidazole rings is 1. The van der Waals surface area contributed by atoms with E-state index in [2.05, 4.69) is 40.3 Å². The van der Waals surface area contributed by atoms with E-state index >= 15 is 0 Å². The molecule has 3 heterocycles. The van der Waals surface area contributed by atoms with E-state index in [0.29, 0.717) is 5.69 Å². The molecule has 1 aliphatic heterocycles. The number of benzene rings is 1. The number of phosphoric acid groups is 3. The molecule has 0 spiro atoms. The number of aromatic nitrogens is 4. The maximum Gasteiger partial charge on any atom is 0.490 e. The molecule has 4 rings (SSSR count). The molecule has 21 heteroatoms. The number of ether oxygens (including phenoxy) is 1. The molecule has 3 aromatic rings. The van der Waals surface area contributed by atoms with Crippen molar-refractivity contribution in [2.45, 2.75) is 51.0 Å². The van der Waals surface area contributed by atoms with Crippen LogP contribution >= 0.6 is 23.5 Å². The van der Waals surface area contributed by atoms with Crippen molar-refractivity contribution in [2.24, 2.45) is 0 Å². The first-order chi connectivity index (χ1) is 19.1. The van der Waals surface area contributed by atoms with Gasteiger partial charge in [-0.15, -0.1) is 0 Å². The van der Waals surface area contributed by atoms with Crippen molar-refractivity contribution in [3.63, 3.8) is 0 Å². The minimum atomic E-state index is -5.70. The molecule has 41 heavy (non-hydrogen) atoms. The van der Waals surface area contributed by atoms with Gasteiger partial charge in [-0.25, -0.2) is 18.7 Å². The second-order valence-corrected chi connectivity index (χ2v) is 13.4. The smallest absolute Gasteiger partial charge is 0.390 e. The number of fused-ring (bicyclic) bond motifs is 1. The van der Waals surface area contributed by atoms with Crippen molar-refractivity contribution < 1.29 is 56.3 Å². The zero-order chi connectivity index (χ0) is 30.0. The van der Waals surface area contributed by atoms with Crippen molar-refractivity contribution in [3.8, 4) is 0 Å². The first-order valence-corrected chi connectivity index (χ1v) is 16.6. The highest BCUT2D eigenvalue weighted by molar-refractivity contribution is 7.66. The van der Waals surface area contributed by atoms with Gasteiger partial charge in [-0.05, 0) is 30.5 Å². The van der Waals surface area contributed by atoms with Crippen LogP contribution in [0.1, 0.15) is 38.0 Å². The minimum absolute atomic E-state index is 0.0136. The van der Waals surface area contributed by atoms with Gasteiger partial charge in [0.25, 0.3) is 5.56 Å². The number of nitrogens with zero attached hydrogens (tertiary/aromatic N) is 3. The summed E-state index contributed by atoms with van der Waals surface area (Å²) in [6.45, 7) is 1.27. The number of aliphatic hydroxyl groups excluding tert-OH is 1. The average molecular weight is 639 g/mol. The number of hydrogen-bond donors (Lipinski definition) is 7. The largest absolute Gasteiger partial charge is 0.490 e. The Balaban J connectivity index is 1.44. The summed E-state index contributed by atoms with van der Waals surface area (Å²) in [4.78, 5) is 59.8. The zero-order valence-electron chi connectivity index (χ0n) is 21.3. The molecule has 0 amide bonds. The fourth-order valence-corrected chi connectivity index (χ4v) is 7.01. The van der Waals surface area contributed by atoms with Crippen LogP contribution in [0.25, 0.3) is 11.2 Å². The Hall–Kier alpha value is -2.30. The maximum absolute atomic E-state index is 12.6. The van der Waals surface area contributed by atoms with E-state index < -0.39 is 54.1 Å². The monoisotopic (exact) mass is 639 g/mol. The van der Waals surface area contributed by atoms with E-state index in [0.717, 1.165) is 19.3 Å². The SMILES string of the molecule is CCCCc1ccc(Nc2nc3c(ncn3[C@H]3C[C@H](O)[C@@H](COP(=O)(O)OP(=O)(O)OP(=O)(O)O)O3)c(=O)[nH]2)cc1. The van der Waals surface area contributed by atoms with Crippen LogP contribution in [0.3, 0.4) is 0 Å². The molecule has 0 radical (unpaired) electrons. The van der Waals surface area contributed by atoms with Crippen molar-refractivity contribution in [3.05, 3.63) is 46.5 Å². The van der Waals surface area contributed by atoms with Gasteiger partial charge in [0.1, 0.15) is 12.3 Å². The Morgan fingerprint density at radius 2 is 1.83 bits per heavy atom. The third kappa shape index (κ3) is 8.61. The molecule has 7 N–H and O–H groups in total. The number of nitrogens with one attached hydrogen (secondary N) is 2. The van der Waals surface area contributed by atoms with Gasteiger partial charge in [0, 0.05) is 12.1 Å². The fourth-order valence-electron chi connectivity index (χ4n) is 3.98. The van der Waals surface area contributed by atoms with Crippen LogP contribution < -0.4 is 10.9 Å². The number of hydrogen-bond acceptors (Lipinski definition) is 12. The van der Waals surface area contributed by atoms with Gasteiger partial charge < -0.3 is 34.7 Å². The molecule has 0 bridgehead atoms. The van der Waals surface area contributed by atoms with E-state index in [1.54, 1.807) is 0 Å². The van der Waals surface area contributed by atoms with E-state index in [9.17, 15) is 33.4 Å². The quantitative estimate of drug-likeness (QED) is 0.132. The number of unbranched alkanes of at least 4 members (excludes halogenated alkanes) is 1. The molecule has 1 saturated heterocycles. The third-order valence-electron chi connectivity index (χ3n) is 5.80. The lowest BCUT2D eigenvalue weighted by atomic mass is 10.1. The third-order valence-corrected chi connectivity index (χ3v) is 9.60. The highest BCUT2D eigenvalue weighted by Crippen LogP contribution is 2.66. The molecule has 1 aromatic carbocycles. The lowest BCUT2D eigenvalue weighted by molar-refractivity contribution is -0.0423. The van der Waals surface area contributed by atoms with Crippen molar-refractivity contribution >= 4 is 46.3 Å². The lowest BCUT2D eigenvalue weighted by Crippen LogP contribution is -2.26. The normalized spacial score (nSPS) is 22.4. The first kappa shape index (κ1) is 31.6. The minimum Gasteiger partial charge on any atom is -0.390 e. The Bertz CT molecular complexity index is 1570. The topological polar surface area (TPSA) is 265 Å². The zero-order valence-corrected chi connectivity index (χ0v) is 24.0. The van der Waals surface area contributed by atoms with Gasteiger partial charge in [0.05, 0.1) is 19.0 Å². The second-order valence-electron chi connectivity index (χ2n) is 8.98. The molecule has 1 aliphatic rings. The van der Waals surface area contributed by atoms with E-state index in [-0.39, 0.29) is 23.5 Å². The van der Waals surface area contributed by atoms with Gasteiger partial charge in [0.15, 0.2) is 11.2 Å². The van der Waals surface area contributed by atoms with Gasteiger partial charge in [0.2, 0.25) is 5.95 Å². The first-order valence-electron chi connectivity index (χ1n) is 12.1. The van der Waals surface area contributed by atoms with Gasteiger partial charge >= 0.3 is 23.5 Å². The van der Waals surface area contributed by atoms with E-state index in [4.69, 9.17) is 14.5 Å². The van der Waals surface area contributed by atoms with Gasteiger partial charge in [-0.1, -0.05) is 25.5 Å². The molecule has 1 fully saturated rings. The molecule has 226 valence electrons. The Kier molecular flexibility index (Phi) is 9.65. The highest BCUT2D eigenvalue weighted by Gasteiger charge is 2.43. The summed E-state index contributed by atoms with van der Waals surface area (Å²) >= 11 is 0.